The van der Waals surface area contributed by atoms with Crippen LogP contribution in [0.5, 0.6) is 11.5 Å². The van der Waals surface area contributed by atoms with Crippen LogP contribution in [-0.2, 0) is 4.79 Å². The summed E-state index contributed by atoms with van der Waals surface area (Å²) >= 11 is 0. The van der Waals surface area contributed by atoms with Crippen molar-refractivity contribution in [2.45, 2.75) is 13.0 Å². The summed E-state index contributed by atoms with van der Waals surface area (Å²) in [5.41, 5.74) is 0.629. The number of methoxy groups -OCH3 is 2. The number of carbonyl (C=O) groups excluding carboxylic acids is 1. The number of amides is 1. The van der Waals surface area contributed by atoms with Crippen LogP contribution in [-0.4, -0.2) is 57.2 Å². The van der Waals surface area contributed by atoms with Gasteiger partial charge in [-0.15, -0.1) is 12.4 Å². The van der Waals surface area contributed by atoms with Crippen molar-refractivity contribution in [2.24, 2.45) is 0 Å². The Hall–Kier alpha value is -1.50. The van der Waals surface area contributed by atoms with E-state index in [9.17, 15) is 4.79 Å². The molecule has 0 aliphatic carbocycles. The molecule has 124 valence electrons. The van der Waals surface area contributed by atoms with Gasteiger partial charge in [0.1, 0.15) is 11.5 Å². The molecule has 1 saturated heterocycles. The summed E-state index contributed by atoms with van der Waals surface area (Å²) in [6.07, 6.45) is 0. The largest absolute Gasteiger partial charge is 0.497 e. The van der Waals surface area contributed by atoms with E-state index in [2.05, 4.69) is 22.5 Å². The Kier molecular flexibility index (Phi) is 7.44. The molecule has 0 bridgehead atoms. The van der Waals surface area contributed by atoms with E-state index in [1.807, 2.05) is 0 Å². The van der Waals surface area contributed by atoms with Gasteiger partial charge in [-0.25, -0.2) is 0 Å². The maximum atomic E-state index is 12.2. The van der Waals surface area contributed by atoms with Crippen LogP contribution in [0.4, 0.5) is 5.69 Å². The van der Waals surface area contributed by atoms with Crippen LogP contribution in [0.3, 0.4) is 0 Å². The third-order valence-electron chi connectivity index (χ3n) is 3.67. The Balaban J connectivity index is 0.00000242. The summed E-state index contributed by atoms with van der Waals surface area (Å²) in [5.74, 6) is 1.26. The highest BCUT2D eigenvalue weighted by Gasteiger charge is 2.20. The van der Waals surface area contributed by atoms with Crippen molar-refractivity contribution < 1.29 is 14.3 Å². The lowest BCUT2D eigenvalue weighted by Gasteiger charge is -2.33. The molecule has 1 atom stereocenters. The number of nitrogens with zero attached hydrogens (tertiary/aromatic N) is 1. The number of hydrogen-bond acceptors (Lipinski definition) is 5. The smallest absolute Gasteiger partial charge is 0.238 e. The second-order valence-corrected chi connectivity index (χ2v) is 5.14. The molecule has 1 heterocycles. The maximum Gasteiger partial charge on any atom is 0.238 e. The molecular formula is C15H24ClN3O3. The van der Waals surface area contributed by atoms with Crippen LogP contribution >= 0.6 is 12.4 Å². The molecular weight excluding hydrogens is 306 g/mol. The second kappa shape index (κ2) is 8.82. The Bertz CT molecular complexity index is 499. The van der Waals surface area contributed by atoms with Gasteiger partial charge in [0.2, 0.25) is 5.91 Å². The normalized spacial score (nSPS) is 18.2. The van der Waals surface area contributed by atoms with Crippen LogP contribution in [0, 0.1) is 0 Å². The number of piperazine rings is 1. The fourth-order valence-corrected chi connectivity index (χ4v) is 2.40. The van der Waals surface area contributed by atoms with Gasteiger partial charge >= 0.3 is 0 Å². The van der Waals surface area contributed by atoms with Crippen molar-refractivity contribution in [1.29, 1.82) is 0 Å². The molecule has 2 rings (SSSR count). The minimum absolute atomic E-state index is 0. The monoisotopic (exact) mass is 329 g/mol. The summed E-state index contributed by atoms with van der Waals surface area (Å²) in [6.45, 7) is 5.20. The molecule has 0 saturated carbocycles. The number of carbonyl (C=O) groups is 1. The molecule has 0 radical (unpaired) electrons. The molecule has 22 heavy (non-hydrogen) atoms. The molecule has 0 aromatic heterocycles. The average Bonchev–Trinajstić information content (AvgIpc) is 2.49. The van der Waals surface area contributed by atoms with E-state index in [4.69, 9.17) is 9.47 Å². The SMILES string of the molecule is COc1ccc(OC)c(NC(=O)CN2CCNC[C@@H]2C)c1.Cl. The fourth-order valence-electron chi connectivity index (χ4n) is 2.40. The van der Waals surface area contributed by atoms with Gasteiger partial charge in [-0.2, -0.15) is 0 Å². The van der Waals surface area contributed by atoms with Crippen molar-refractivity contribution in [1.82, 2.24) is 10.2 Å². The lowest BCUT2D eigenvalue weighted by atomic mass is 10.2. The molecule has 7 heteroatoms. The number of rotatable bonds is 5. The van der Waals surface area contributed by atoms with Crippen LogP contribution in [0.2, 0.25) is 0 Å². The molecule has 2 N–H and O–H groups in total. The molecule has 1 aliphatic heterocycles. The zero-order valence-corrected chi connectivity index (χ0v) is 14.0. The quantitative estimate of drug-likeness (QED) is 0.854. The first-order valence-electron chi connectivity index (χ1n) is 7.10. The van der Waals surface area contributed by atoms with Gasteiger partial charge in [0.15, 0.2) is 0 Å². The molecule has 6 nitrogen and oxygen atoms in total. The Morgan fingerprint density at radius 3 is 2.82 bits per heavy atom. The van der Waals surface area contributed by atoms with Crippen LogP contribution in [0.25, 0.3) is 0 Å². The predicted molar refractivity (Wildman–Crippen MR) is 89.3 cm³/mol. The van der Waals surface area contributed by atoms with E-state index in [0.717, 1.165) is 19.6 Å². The Morgan fingerprint density at radius 2 is 2.18 bits per heavy atom. The molecule has 1 amide bonds. The molecule has 0 spiro atoms. The van der Waals surface area contributed by atoms with E-state index >= 15 is 0 Å². The van der Waals surface area contributed by atoms with E-state index in [-0.39, 0.29) is 18.3 Å². The first-order chi connectivity index (χ1) is 10.1. The van der Waals surface area contributed by atoms with Gasteiger partial charge < -0.3 is 20.1 Å². The topological polar surface area (TPSA) is 62.8 Å². The van der Waals surface area contributed by atoms with Gasteiger partial charge in [0.25, 0.3) is 0 Å². The van der Waals surface area contributed by atoms with Gasteiger partial charge in [-0.05, 0) is 19.1 Å². The third-order valence-corrected chi connectivity index (χ3v) is 3.67. The number of ether oxygens (including phenoxy) is 2. The molecule has 0 unspecified atom stereocenters. The van der Waals surface area contributed by atoms with Gasteiger partial charge in [-0.3, -0.25) is 9.69 Å². The number of hydrogen-bond donors (Lipinski definition) is 2. The van der Waals surface area contributed by atoms with Crippen LogP contribution in [0.1, 0.15) is 6.92 Å². The van der Waals surface area contributed by atoms with Gasteiger partial charge in [0.05, 0.1) is 26.5 Å². The lowest BCUT2D eigenvalue weighted by Crippen LogP contribution is -2.51. The zero-order valence-electron chi connectivity index (χ0n) is 13.2. The highest BCUT2D eigenvalue weighted by molar-refractivity contribution is 5.94. The number of benzene rings is 1. The average molecular weight is 330 g/mol. The molecule has 1 aromatic rings. The molecule has 1 fully saturated rings. The number of nitrogens with one attached hydrogen (secondary N) is 2. The van der Waals surface area contributed by atoms with Crippen LogP contribution in [0.15, 0.2) is 18.2 Å². The second-order valence-electron chi connectivity index (χ2n) is 5.14. The Morgan fingerprint density at radius 1 is 1.41 bits per heavy atom. The fraction of sp³-hybridized carbons (Fsp3) is 0.533. The molecule has 1 aromatic carbocycles. The zero-order chi connectivity index (χ0) is 15.2. The third kappa shape index (κ3) is 4.76. The summed E-state index contributed by atoms with van der Waals surface area (Å²) in [7, 11) is 3.17. The maximum absolute atomic E-state index is 12.2. The first kappa shape index (κ1) is 18.5. The summed E-state index contributed by atoms with van der Waals surface area (Å²) in [4.78, 5) is 14.4. The van der Waals surface area contributed by atoms with Crippen LogP contribution < -0.4 is 20.1 Å². The summed E-state index contributed by atoms with van der Waals surface area (Å²) in [5, 5.41) is 6.21. The van der Waals surface area contributed by atoms with Crippen molar-refractivity contribution >= 4 is 24.0 Å². The number of halogens is 1. The van der Waals surface area contributed by atoms with Crippen molar-refractivity contribution in [2.75, 3.05) is 45.7 Å². The Labute approximate surface area is 137 Å². The highest BCUT2D eigenvalue weighted by atomic mass is 35.5. The molecule has 1 aliphatic rings. The van der Waals surface area contributed by atoms with E-state index in [0.29, 0.717) is 29.8 Å². The summed E-state index contributed by atoms with van der Waals surface area (Å²) < 4.78 is 10.4. The van der Waals surface area contributed by atoms with Crippen molar-refractivity contribution in [3.8, 4) is 11.5 Å². The highest BCUT2D eigenvalue weighted by Crippen LogP contribution is 2.28. The van der Waals surface area contributed by atoms with Gasteiger partial charge in [-0.1, -0.05) is 0 Å². The summed E-state index contributed by atoms with van der Waals surface area (Å²) in [6, 6.07) is 5.70. The predicted octanol–water partition coefficient (Wildman–Crippen LogP) is 1.36. The standard InChI is InChI=1S/C15H23N3O3.ClH/c1-11-9-16-6-7-18(11)10-15(19)17-13-8-12(20-2)4-5-14(13)21-3;/h4-5,8,11,16H,6-7,9-10H2,1-3H3,(H,17,19);1H/t11-;/m0./s1. The van der Waals surface area contributed by atoms with Gasteiger partial charge in [0, 0.05) is 31.7 Å². The minimum Gasteiger partial charge on any atom is -0.497 e. The number of anilines is 1. The van der Waals surface area contributed by atoms with E-state index < -0.39 is 0 Å². The van der Waals surface area contributed by atoms with E-state index in [1.165, 1.54) is 0 Å². The van der Waals surface area contributed by atoms with E-state index in [1.54, 1.807) is 32.4 Å². The first-order valence-corrected chi connectivity index (χ1v) is 7.10. The lowest BCUT2D eigenvalue weighted by molar-refractivity contribution is -0.118. The van der Waals surface area contributed by atoms with Crippen molar-refractivity contribution in [3.05, 3.63) is 18.2 Å². The minimum atomic E-state index is -0.0460. The van der Waals surface area contributed by atoms with Crippen molar-refractivity contribution in [3.63, 3.8) is 0 Å².